The Bertz CT molecular complexity index is 774. The maximum atomic E-state index is 13.6. The van der Waals surface area contributed by atoms with Crippen LogP contribution in [0.2, 0.25) is 0 Å². The molecule has 0 N–H and O–H groups in total. The summed E-state index contributed by atoms with van der Waals surface area (Å²) in [5, 5.41) is 0.766. The van der Waals surface area contributed by atoms with Gasteiger partial charge in [-0.15, -0.1) is 0 Å². The van der Waals surface area contributed by atoms with Crippen LogP contribution in [0.5, 0.6) is 11.5 Å². The monoisotopic (exact) mass is 283 g/mol. The molecule has 0 aliphatic rings. The van der Waals surface area contributed by atoms with Crippen molar-refractivity contribution in [3.8, 4) is 11.5 Å². The molecule has 3 aromatic rings. The summed E-state index contributed by atoms with van der Waals surface area (Å²) in [5.41, 5.74) is 1.47. The number of methoxy groups -OCH3 is 1. The van der Waals surface area contributed by atoms with E-state index in [1.54, 1.807) is 25.4 Å². The normalized spacial score (nSPS) is 10.6. The third-order valence-electron chi connectivity index (χ3n) is 3.18. The topological polar surface area (TPSA) is 31.4 Å². The first-order valence-corrected chi connectivity index (χ1v) is 6.56. The van der Waals surface area contributed by atoms with Crippen LogP contribution in [0.15, 0.2) is 54.7 Å². The quantitative estimate of drug-likeness (QED) is 0.726. The van der Waals surface area contributed by atoms with Crippen LogP contribution >= 0.6 is 0 Å². The van der Waals surface area contributed by atoms with Gasteiger partial charge in [0.15, 0.2) is 0 Å². The fourth-order valence-electron chi connectivity index (χ4n) is 2.19. The Kier molecular flexibility index (Phi) is 3.69. The summed E-state index contributed by atoms with van der Waals surface area (Å²) in [6.45, 7) is 0.248. The molecule has 0 fully saturated rings. The summed E-state index contributed by atoms with van der Waals surface area (Å²) >= 11 is 0. The molecule has 0 spiro atoms. The number of hydrogen-bond donors (Lipinski definition) is 0. The molecule has 106 valence electrons. The Morgan fingerprint density at radius 2 is 1.90 bits per heavy atom. The Morgan fingerprint density at radius 3 is 2.76 bits per heavy atom. The lowest BCUT2D eigenvalue weighted by Gasteiger charge is -2.10. The highest BCUT2D eigenvalue weighted by Crippen LogP contribution is 2.23. The number of halogens is 1. The van der Waals surface area contributed by atoms with Crippen LogP contribution < -0.4 is 9.47 Å². The van der Waals surface area contributed by atoms with Gasteiger partial charge in [0.1, 0.15) is 23.9 Å². The van der Waals surface area contributed by atoms with Crippen molar-refractivity contribution in [3.05, 3.63) is 66.1 Å². The molecule has 1 aromatic heterocycles. The number of nitrogens with zero attached hydrogens (tertiary/aromatic N) is 1. The number of aromatic nitrogens is 1. The second-order valence-corrected chi connectivity index (χ2v) is 4.61. The van der Waals surface area contributed by atoms with Gasteiger partial charge in [0, 0.05) is 23.2 Å². The lowest BCUT2D eigenvalue weighted by Crippen LogP contribution is -1.99. The van der Waals surface area contributed by atoms with Crippen molar-refractivity contribution in [1.29, 1.82) is 0 Å². The number of hydrogen-bond acceptors (Lipinski definition) is 3. The predicted molar refractivity (Wildman–Crippen MR) is 79.0 cm³/mol. The summed E-state index contributed by atoms with van der Waals surface area (Å²) in [6, 6.07) is 13.8. The molecule has 0 radical (unpaired) electrons. The number of pyridine rings is 1. The summed E-state index contributed by atoms with van der Waals surface area (Å²) in [4.78, 5) is 4.30. The van der Waals surface area contributed by atoms with Crippen LogP contribution in [-0.2, 0) is 6.61 Å². The lowest BCUT2D eigenvalue weighted by atomic mass is 10.1. The van der Waals surface area contributed by atoms with E-state index in [0.29, 0.717) is 11.3 Å². The second-order valence-electron chi connectivity index (χ2n) is 4.61. The molecule has 21 heavy (non-hydrogen) atoms. The van der Waals surface area contributed by atoms with Crippen molar-refractivity contribution in [3.63, 3.8) is 0 Å². The van der Waals surface area contributed by atoms with E-state index in [0.717, 1.165) is 16.7 Å². The summed E-state index contributed by atoms with van der Waals surface area (Å²) in [6.07, 6.45) is 1.69. The SMILES string of the molecule is COc1cccc(OCc2cc(F)cc3cccnc23)c1. The molecule has 4 heteroatoms. The minimum atomic E-state index is -0.292. The van der Waals surface area contributed by atoms with Gasteiger partial charge >= 0.3 is 0 Å². The molecule has 1 heterocycles. The van der Waals surface area contributed by atoms with Gasteiger partial charge in [0.25, 0.3) is 0 Å². The fourth-order valence-corrected chi connectivity index (χ4v) is 2.19. The highest BCUT2D eigenvalue weighted by atomic mass is 19.1. The first-order valence-electron chi connectivity index (χ1n) is 6.56. The van der Waals surface area contributed by atoms with E-state index in [2.05, 4.69) is 4.98 Å². The Hall–Kier alpha value is -2.62. The van der Waals surface area contributed by atoms with Gasteiger partial charge in [-0.05, 0) is 30.3 Å². The van der Waals surface area contributed by atoms with Gasteiger partial charge in [0.2, 0.25) is 0 Å². The van der Waals surface area contributed by atoms with E-state index in [1.165, 1.54) is 12.1 Å². The van der Waals surface area contributed by atoms with Crippen LogP contribution in [0.3, 0.4) is 0 Å². The van der Waals surface area contributed by atoms with Crippen molar-refractivity contribution in [2.75, 3.05) is 7.11 Å². The van der Waals surface area contributed by atoms with Gasteiger partial charge in [-0.2, -0.15) is 0 Å². The van der Waals surface area contributed by atoms with Crippen LogP contribution in [0.25, 0.3) is 10.9 Å². The molecule has 3 rings (SSSR count). The standard InChI is InChI=1S/C17H14FNO2/c1-20-15-5-2-6-16(10-15)21-11-13-9-14(18)8-12-4-3-7-19-17(12)13/h2-10H,11H2,1H3. The van der Waals surface area contributed by atoms with Crippen molar-refractivity contribution >= 4 is 10.9 Å². The fraction of sp³-hybridized carbons (Fsp3) is 0.118. The summed E-state index contributed by atoms with van der Waals surface area (Å²) in [5.74, 6) is 1.09. The number of ether oxygens (including phenoxy) is 2. The molecule has 0 aliphatic heterocycles. The summed E-state index contributed by atoms with van der Waals surface area (Å²) < 4.78 is 24.5. The molecule has 2 aromatic carbocycles. The van der Waals surface area contributed by atoms with E-state index < -0.39 is 0 Å². The molecule has 0 saturated carbocycles. The third-order valence-corrected chi connectivity index (χ3v) is 3.18. The van der Waals surface area contributed by atoms with Crippen molar-refractivity contribution in [2.24, 2.45) is 0 Å². The van der Waals surface area contributed by atoms with Crippen LogP contribution in [0, 0.1) is 5.82 Å². The van der Waals surface area contributed by atoms with Gasteiger partial charge in [-0.3, -0.25) is 4.98 Å². The molecule has 3 nitrogen and oxygen atoms in total. The average Bonchev–Trinajstić information content (AvgIpc) is 2.52. The first-order chi connectivity index (χ1) is 10.3. The smallest absolute Gasteiger partial charge is 0.124 e. The summed E-state index contributed by atoms with van der Waals surface area (Å²) in [7, 11) is 1.60. The third kappa shape index (κ3) is 2.94. The number of benzene rings is 2. The van der Waals surface area contributed by atoms with Gasteiger partial charge in [-0.1, -0.05) is 12.1 Å². The van der Waals surface area contributed by atoms with Gasteiger partial charge in [-0.25, -0.2) is 4.39 Å². The first kappa shape index (κ1) is 13.4. The highest BCUT2D eigenvalue weighted by molar-refractivity contribution is 5.81. The molecule has 0 aliphatic carbocycles. The molecular formula is C17H14FNO2. The Labute approximate surface area is 122 Å². The molecule has 0 bridgehead atoms. The zero-order chi connectivity index (χ0) is 14.7. The largest absolute Gasteiger partial charge is 0.497 e. The molecule has 0 saturated heterocycles. The molecule has 0 amide bonds. The second kappa shape index (κ2) is 5.79. The maximum Gasteiger partial charge on any atom is 0.124 e. The average molecular weight is 283 g/mol. The predicted octanol–water partition coefficient (Wildman–Crippen LogP) is 3.96. The Balaban J connectivity index is 1.87. The molecule has 0 atom stereocenters. The van der Waals surface area contributed by atoms with Crippen LogP contribution in [-0.4, -0.2) is 12.1 Å². The van der Waals surface area contributed by atoms with Crippen LogP contribution in [0.1, 0.15) is 5.56 Å². The molecular weight excluding hydrogens is 269 g/mol. The van der Waals surface area contributed by atoms with E-state index >= 15 is 0 Å². The molecule has 0 unspecified atom stereocenters. The minimum absolute atomic E-state index is 0.248. The maximum absolute atomic E-state index is 13.6. The van der Waals surface area contributed by atoms with Crippen molar-refractivity contribution < 1.29 is 13.9 Å². The van der Waals surface area contributed by atoms with Crippen molar-refractivity contribution in [1.82, 2.24) is 4.98 Å². The Morgan fingerprint density at radius 1 is 1.05 bits per heavy atom. The van der Waals surface area contributed by atoms with Gasteiger partial charge < -0.3 is 9.47 Å². The minimum Gasteiger partial charge on any atom is -0.497 e. The zero-order valence-electron chi connectivity index (χ0n) is 11.5. The lowest BCUT2D eigenvalue weighted by molar-refractivity contribution is 0.304. The van der Waals surface area contributed by atoms with E-state index in [1.807, 2.05) is 24.3 Å². The van der Waals surface area contributed by atoms with E-state index in [-0.39, 0.29) is 12.4 Å². The van der Waals surface area contributed by atoms with E-state index in [4.69, 9.17) is 9.47 Å². The number of rotatable bonds is 4. The van der Waals surface area contributed by atoms with Crippen LogP contribution in [0.4, 0.5) is 4.39 Å². The number of fused-ring (bicyclic) bond motifs is 1. The zero-order valence-corrected chi connectivity index (χ0v) is 11.5. The highest BCUT2D eigenvalue weighted by Gasteiger charge is 2.06. The van der Waals surface area contributed by atoms with E-state index in [9.17, 15) is 4.39 Å². The van der Waals surface area contributed by atoms with Crippen molar-refractivity contribution in [2.45, 2.75) is 6.61 Å². The van der Waals surface area contributed by atoms with Gasteiger partial charge in [0.05, 0.1) is 12.6 Å².